The second kappa shape index (κ2) is 5.36. The highest BCUT2D eigenvalue weighted by Crippen LogP contribution is 2.32. The van der Waals surface area contributed by atoms with E-state index in [4.69, 9.17) is 0 Å². The minimum Gasteiger partial charge on any atom is -0.348 e. The number of nitrogens with one attached hydrogen (secondary N) is 1. The molecule has 0 saturated carbocycles. The summed E-state index contributed by atoms with van der Waals surface area (Å²) in [7, 11) is 1.98. The maximum Gasteiger partial charge on any atom is 0.185 e. The molecule has 0 spiro atoms. The summed E-state index contributed by atoms with van der Waals surface area (Å²) in [6.45, 7) is 8.00. The van der Waals surface area contributed by atoms with Crippen LogP contribution in [0.4, 0.5) is 5.13 Å². The Morgan fingerprint density at radius 2 is 2.24 bits per heavy atom. The van der Waals surface area contributed by atoms with E-state index < -0.39 is 0 Å². The fraction of sp³-hybridized carbons (Fsp3) is 0.769. The van der Waals surface area contributed by atoms with Crippen molar-refractivity contribution >= 4 is 16.5 Å². The van der Waals surface area contributed by atoms with Gasteiger partial charge < -0.3 is 10.2 Å². The number of anilines is 1. The van der Waals surface area contributed by atoms with Crippen LogP contribution in [0, 0.1) is 5.41 Å². The molecule has 1 N–H and O–H groups in total. The van der Waals surface area contributed by atoms with Gasteiger partial charge in [0.25, 0.3) is 0 Å². The lowest BCUT2D eigenvalue weighted by atomic mass is 9.85. The molecule has 1 aliphatic heterocycles. The van der Waals surface area contributed by atoms with E-state index in [0.29, 0.717) is 5.41 Å². The second-order valence-corrected chi connectivity index (χ2v) is 6.74. The van der Waals surface area contributed by atoms with Crippen molar-refractivity contribution in [3.05, 3.63) is 11.1 Å². The zero-order valence-electron chi connectivity index (χ0n) is 11.1. The Hall–Kier alpha value is -0.610. The van der Waals surface area contributed by atoms with Crippen LogP contribution < -0.4 is 10.2 Å². The van der Waals surface area contributed by atoms with E-state index in [1.54, 1.807) is 0 Å². The normalized spacial score (nSPS) is 20.3. The van der Waals surface area contributed by atoms with Crippen molar-refractivity contribution in [2.24, 2.45) is 5.41 Å². The third-order valence-electron chi connectivity index (χ3n) is 3.50. The summed E-state index contributed by atoms with van der Waals surface area (Å²) in [5.74, 6) is 0. The standard InChI is InChI=1S/C13H23N3S/c1-13(2)5-4-7-16(8-6-13)12-15-10-11(17-12)9-14-3/h10,14H,4-9H2,1-3H3. The fourth-order valence-corrected chi connectivity index (χ4v) is 3.29. The molecule has 2 heterocycles. The summed E-state index contributed by atoms with van der Waals surface area (Å²) in [4.78, 5) is 8.33. The third-order valence-corrected chi connectivity index (χ3v) is 4.56. The topological polar surface area (TPSA) is 28.2 Å². The van der Waals surface area contributed by atoms with Crippen LogP contribution in [0.1, 0.15) is 38.0 Å². The first-order valence-electron chi connectivity index (χ1n) is 6.45. The molecule has 0 radical (unpaired) electrons. The summed E-state index contributed by atoms with van der Waals surface area (Å²) in [5, 5.41) is 4.38. The Kier molecular flexibility index (Phi) is 4.05. The van der Waals surface area contributed by atoms with Crippen molar-refractivity contribution in [2.45, 2.75) is 39.7 Å². The predicted molar refractivity (Wildman–Crippen MR) is 74.7 cm³/mol. The first-order chi connectivity index (χ1) is 8.11. The molecule has 0 aliphatic carbocycles. The van der Waals surface area contributed by atoms with E-state index in [1.807, 2.05) is 24.6 Å². The SMILES string of the molecule is CNCc1cnc(N2CCCC(C)(C)CC2)s1. The first-order valence-corrected chi connectivity index (χ1v) is 7.27. The molecule has 1 aromatic heterocycles. The van der Waals surface area contributed by atoms with E-state index in [2.05, 4.69) is 29.0 Å². The lowest BCUT2D eigenvalue weighted by Gasteiger charge is -2.22. The van der Waals surface area contributed by atoms with Crippen LogP contribution in [0.3, 0.4) is 0 Å². The zero-order valence-corrected chi connectivity index (χ0v) is 11.9. The third kappa shape index (κ3) is 3.42. The van der Waals surface area contributed by atoms with Crippen molar-refractivity contribution < 1.29 is 0 Å². The summed E-state index contributed by atoms with van der Waals surface area (Å²) < 4.78 is 0. The Morgan fingerprint density at radius 3 is 3.00 bits per heavy atom. The van der Waals surface area contributed by atoms with Crippen molar-refractivity contribution in [2.75, 3.05) is 25.0 Å². The molecule has 96 valence electrons. The maximum absolute atomic E-state index is 4.55. The summed E-state index contributed by atoms with van der Waals surface area (Å²) >= 11 is 1.83. The predicted octanol–water partition coefficient (Wildman–Crippen LogP) is 2.88. The Bertz CT molecular complexity index is 359. The summed E-state index contributed by atoms with van der Waals surface area (Å²) in [6.07, 6.45) is 5.90. The molecule has 1 aliphatic rings. The lowest BCUT2D eigenvalue weighted by molar-refractivity contribution is 0.325. The summed E-state index contributed by atoms with van der Waals surface area (Å²) in [5.41, 5.74) is 0.500. The van der Waals surface area contributed by atoms with Gasteiger partial charge in [-0.15, -0.1) is 11.3 Å². The molecule has 0 bridgehead atoms. The molecule has 3 nitrogen and oxygen atoms in total. The molecule has 1 fully saturated rings. The van der Waals surface area contributed by atoms with Gasteiger partial charge >= 0.3 is 0 Å². The van der Waals surface area contributed by atoms with Gasteiger partial charge in [-0.25, -0.2) is 4.98 Å². The van der Waals surface area contributed by atoms with E-state index in [0.717, 1.165) is 19.6 Å². The Morgan fingerprint density at radius 1 is 1.41 bits per heavy atom. The number of nitrogens with zero attached hydrogens (tertiary/aromatic N) is 2. The van der Waals surface area contributed by atoms with E-state index in [-0.39, 0.29) is 0 Å². The molecule has 4 heteroatoms. The second-order valence-electron chi connectivity index (χ2n) is 5.64. The van der Waals surface area contributed by atoms with Crippen LogP contribution in [0.15, 0.2) is 6.20 Å². The van der Waals surface area contributed by atoms with Gasteiger partial charge in [-0.1, -0.05) is 13.8 Å². The van der Waals surface area contributed by atoms with Gasteiger partial charge in [-0.2, -0.15) is 0 Å². The Balaban J connectivity index is 2.01. The van der Waals surface area contributed by atoms with Gasteiger partial charge in [0.1, 0.15) is 0 Å². The molecule has 0 unspecified atom stereocenters. The molecule has 1 saturated heterocycles. The lowest BCUT2D eigenvalue weighted by Crippen LogP contribution is -2.24. The van der Waals surface area contributed by atoms with Gasteiger partial charge in [0.2, 0.25) is 0 Å². The van der Waals surface area contributed by atoms with Gasteiger partial charge in [0.15, 0.2) is 5.13 Å². The number of hydrogen-bond acceptors (Lipinski definition) is 4. The summed E-state index contributed by atoms with van der Waals surface area (Å²) in [6, 6.07) is 0. The first kappa shape index (κ1) is 12.8. The van der Waals surface area contributed by atoms with Crippen LogP contribution in [0.25, 0.3) is 0 Å². The molecule has 0 atom stereocenters. The van der Waals surface area contributed by atoms with Crippen LogP contribution >= 0.6 is 11.3 Å². The average Bonchev–Trinajstić information content (AvgIpc) is 2.64. The van der Waals surface area contributed by atoms with Crippen molar-refractivity contribution in [1.29, 1.82) is 0 Å². The van der Waals surface area contributed by atoms with Crippen LogP contribution in [0.2, 0.25) is 0 Å². The van der Waals surface area contributed by atoms with E-state index in [1.165, 1.54) is 29.3 Å². The van der Waals surface area contributed by atoms with Gasteiger partial charge in [-0.05, 0) is 31.7 Å². The fourth-order valence-electron chi connectivity index (χ4n) is 2.31. The van der Waals surface area contributed by atoms with Crippen molar-refractivity contribution in [1.82, 2.24) is 10.3 Å². The molecule has 0 amide bonds. The van der Waals surface area contributed by atoms with Crippen molar-refractivity contribution in [3.8, 4) is 0 Å². The molecular weight excluding hydrogens is 230 g/mol. The van der Waals surface area contributed by atoms with Crippen molar-refractivity contribution in [3.63, 3.8) is 0 Å². The highest BCUT2D eigenvalue weighted by molar-refractivity contribution is 7.15. The highest BCUT2D eigenvalue weighted by Gasteiger charge is 2.24. The van der Waals surface area contributed by atoms with E-state index in [9.17, 15) is 0 Å². The quantitative estimate of drug-likeness (QED) is 0.898. The van der Waals surface area contributed by atoms with Gasteiger partial charge in [0.05, 0.1) is 0 Å². The Labute approximate surface area is 108 Å². The number of thiazole rings is 1. The molecule has 0 aromatic carbocycles. The van der Waals surface area contributed by atoms with Crippen LogP contribution in [-0.4, -0.2) is 25.1 Å². The molecule has 1 aromatic rings. The van der Waals surface area contributed by atoms with E-state index >= 15 is 0 Å². The zero-order chi connectivity index (χ0) is 12.3. The highest BCUT2D eigenvalue weighted by atomic mass is 32.1. The molecule has 17 heavy (non-hydrogen) atoms. The number of hydrogen-bond donors (Lipinski definition) is 1. The number of aromatic nitrogens is 1. The number of rotatable bonds is 3. The maximum atomic E-state index is 4.55. The van der Waals surface area contributed by atoms with Gasteiger partial charge in [-0.3, -0.25) is 0 Å². The monoisotopic (exact) mass is 253 g/mol. The van der Waals surface area contributed by atoms with Gasteiger partial charge in [0, 0.05) is 30.7 Å². The van der Waals surface area contributed by atoms with Crippen LogP contribution in [0.5, 0.6) is 0 Å². The molecular formula is C13H23N3S. The minimum absolute atomic E-state index is 0.500. The smallest absolute Gasteiger partial charge is 0.185 e. The minimum atomic E-state index is 0.500. The van der Waals surface area contributed by atoms with Crippen LogP contribution in [-0.2, 0) is 6.54 Å². The molecule has 2 rings (SSSR count). The average molecular weight is 253 g/mol. The largest absolute Gasteiger partial charge is 0.348 e.